The molecule has 0 saturated heterocycles. The molecule has 0 N–H and O–H groups in total. The Balaban J connectivity index is 1.80. The Morgan fingerprint density at radius 1 is 0.367 bits per heavy atom. The number of alkyl halides is 3. The third-order valence-electron chi connectivity index (χ3n) is 15.1. The Labute approximate surface area is 349 Å². The van der Waals surface area contributed by atoms with Gasteiger partial charge in [-0.2, -0.15) is 13.2 Å². The predicted molar refractivity (Wildman–Crippen MR) is 241 cm³/mol. The molecule has 2 heterocycles. The van der Waals surface area contributed by atoms with Crippen LogP contribution in [0.5, 0.6) is 0 Å². The number of aryl methyl sites for hydroxylation is 8. The van der Waals surface area contributed by atoms with Gasteiger partial charge >= 0.3 is 6.18 Å². The maximum absolute atomic E-state index is 16.0. The minimum Gasteiger partial charge on any atom is -0.307 e. The first kappa shape index (κ1) is 41.3. The van der Waals surface area contributed by atoms with Crippen LogP contribution < -0.4 is 0 Å². The highest BCUT2D eigenvalue weighted by atomic mass is 19.4. The second-order valence-electron chi connectivity index (χ2n) is 17.5. The molecule has 60 heavy (non-hydrogen) atoms. The summed E-state index contributed by atoms with van der Waals surface area (Å²) in [7, 11) is 0. The lowest BCUT2D eigenvalue weighted by Crippen LogP contribution is -2.14. The van der Waals surface area contributed by atoms with Gasteiger partial charge in [-0.15, -0.1) is 0 Å². The molecule has 2 aromatic heterocycles. The Hall–Kier alpha value is -5.43. The van der Waals surface area contributed by atoms with E-state index in [1.165, 1.54) is 12.1 Å². The van der Waals surface area contributed by atoms with E-state index in [1.54, 1.807) is 0 Å². The van der Waals surface area contributed by atoms with E-state index >= 15 is 22.0 Å². The molecule has 0 fully saturated rings. The number of hydrogen-bond donors (Lipinski definition) is 0. The molecule has 0 radical (unpaired) electrons. The molecule has 0 saturated carbocycles. The van der Waals surface area contributed by atoms with Crippen LogP contribution in [0.4, 0.5) is 22.0 Å². The van der Waals surface area contributed by atoms with Crippen molar-refractivity contribution in [2.24, 2.45) is 0 Å². The average Bonchev–Trinajstić information content (AvgIpc) is 3.75. The SMILES string of the molecule is Cc1c(C)c(C)c2c(c1C)c1c(C)c(C)c(C)c(C)c1n2-c1cc(-c2c(F)cccc2F)c(C(F)(F)F)cc1-n1c2c(C)c(C)c(C)c(C)c2c2c(C)c(C)c(C)c(C)c21. The molecule has 0 aliphatic heterocycles. The summed E-state index contributed by atoms with van der Waals surface area (Å²) in [5, 5.41) is 4.05. The van der Waals surface area contributed by atoms with Crippen molar-refractivity contribution >= 4 is 43.6 Å². The van der Waals surface area contributed by atoms with Gasteiger partial charge in [0.25, 0.3) is 0 Å². The van der Waals surface area contributed by atoms with Crippen molar-refractivity contribution in [2.45, 2.75) is 117 Å². The topological polar surface area (TPSA) is 9.86 Å². The van der Waals surface area contributed by atoms with Crippen LogP contribution in [-0.2, 0) is 6.18 Å². The second-order valence-corrected chi connectivity index (χ2v) is 17.5. The third kappa shape index (κ3) is 5.29. The van der Waals surface area contributed by atoms with Gasteiger partial charge in [0.15, 0.2) is 0 Å². The quantitative estimate of drug-likeness (QED) is 0.157. The summed E-state index contributed by atoms with van der Waals surface area (Å²) in [5.74, 6) is -2.13. The van der Waals surface area contributed by atoms with Crippen LogP contribution in [-0.4, -0.2) is 9.13 Å². The van der Waals surface area contributed by atoms with Crippen LogP contribution in [0.15, 0.2) is 30.3 Å². The molecule has 0 bridgehead atoms. The van der Waals surface area contributed by atoms with Gasteiger partial charge in [0, 0.05) is 27.1 Å². The summed E-state index contributed by atoms with van der Waals surface area (Å²) in [5.41, 5.74) is 18.7. The minimum atomic E-state index is -4.98. The number of hydrogen-bond acceptors (Lipinski definition) is 0. The van der Waals surface area contributed by atoms with Crippen LogP contribution in [0.1, 0.15) is 94.6 Å². The minimum absolute atomic E-state index is 0.281. The van der Waals surface area contributed by atoms with Crippen LogP contribution in [0.2, 0.25) is 0 Å². The molecule has 0 aliphatic carbocycles. The molecule has 0 spiro atoms. The highest BCUT2D eigenvalue weighted by Crippen LogP contribution is 2.50. The highest BCUT2D eigenvalue weighted by Gasteiger charge is 2.38. The predicted octanol–water partition coefficient (Wildman–Crippen LogP) is 15.8. The van der Waals surface area contributed by atoms with Crippen LogP contribution in [0, 0.1) is 122 Å². The zero-order chi connectivity index (χ0) is 44.1. The van der Waals surface area contributed by atoms with Gasteiger partial charge < -0.3 is 9.13 Å². The lowest BCUT2D eigenvalue weighted by Gasteiger charge is -2.25. The molecule has 0 unspecified atom stereocenters. The Morgan fingerprint density at radius 2 is 0.633 bits per heavy atom. The standard InChI is InChI=1S/C53H53F5N2/c1-22-26(5)34(13)49-44(30(22)9)45-31(10)23(2)27(6)35(14)50(45)59(49)42-20-38(48-40(54)18-17-19-41(48)55)39(53(56,57)58)21-43(42)60-51-36(15)28(7)24(3)32(11)46(51)47-33(12)25(4)29(8)37(16)52(47)60/h17-21H,1-16H3. The van der Waals surface area contributed by atoms with Crippen molar-refractivity contribution in [1.29, 1.82) is 0 Å². The van der Waals surface area contributed by atoms with Crippen molar-refractivity contribution in [1.82, 2.24) is 9.13 Å². The average molecular weight is 813 g/mol. The summed E-state index contributed by atoms with van der Waals surface area (Å²) in [4.78, 5) is 0. The van der Waals surface area contributed by atoms with E-state index in [9.17, 15) is 0 Å². The lowest BCUT2D eigenvalue weighted by molar-refractivity contribution is -0.137. The van der Waals surface area contributed by atoms with Gasteiger partial charge in [0.05, 0.1) is 44.6 Å². The first-order valence-electron chi connectivity index (χ1n) is 20.7. The number of fused-ring (bicyclic) bond motifs is 6. The molecule has 0 atom stereocenters. The molecule has 0 aliphatic rings. The number of nitrogens with zero attached hydrogens (tertiary/aromatic N) is 2. The number of benzene rings is 6. The highest BCUT2D eigenvalue weighted by molar-refractivity contribution is 6.18. The molecular weight excluding hydrogens is 760 g/mol. The third-order valence-corrected chi connectivity index (χ3v) is 15.1. The van der Waals surface area contributed by atoms with Crippen LogP contribution in [0.3, 0.4) is 0 Å². The van der Waals surface area contributed by atoms with Crippen molar-refractivity contribution < 1.29 is 22.0 Å². The molecule has 8 rings (SSSR count). The van der Waals surface area contributed by atoms with Gasteiger partial charge in [0.2, 0.25) is 0 Å². The summed E-state index contributed by atoms with van der Waals surface area (Å²) < 4.78 is 84.0. The van der Waals surface area contributed by atoms with Gasteiger partial charge in [0.1, 0.15) is 11.6 Å². The fraction of sp³-hybridized carbons (Fsp3) is 0.321. The van der Waals surface area contributed by atoms with Gasteiger partial charge in [-0.05, 0) is 224 Å². The molecule has 8 aromatic rings. The first-order valence-corrected chi connectivity index (χ1v) is 20.7. The fourth-order valence-corrected chi connectivity index (χ4v) is 10.3. The van der Waals surface area contributed by atoms with E-state index in [2.05, 4.69) is 115 Å². The smallest absolute Gasteiger partial charge is 0.307 e. The maximum Gasteiger partial charge on any atom is 0.417 e. The number of aromatic nitrogens is 2. The van der Waals surface area contributed by atoms with Crippen LogP contribution >= 0.6 is 0 Å². The Morgan fingerprint density at radius 3 is 0.917 bits per heavy atom. The van der Waals surface area contributed by atoms with E-state index in [-0.39, 0.29) is 5.69 Å². The second kappa shape index (κ2) is 13.5. The molecule has 0 amide bonds. The monoisotopic (exact) mass is 812 g/mol. The number of rotatable bonds is 3. The summed E-state index contributed by atoms with van der Waals surface area (Å²) in [6, 6.07) is 5.80. The van der Waals surface area contributed by atoms with E-state index in [4.69, 9.17) is 0 Å². The van der Waals surface area contributed by atoms with Gasteiger partial charge in [-0.1, -0.05) is 6.07 Å². The van der Waals surface area contributed by atoms with Crippen molar-refractivity contribution in [3.63, 3.8) is 0 Å². The Kier molecular flexibility index (Phi) is 9.32. The van der Waals surface area contributed by atoms with E-state index in [0.717, 1.165) is 151 Å². The molecule has 7 heteroatoms. The number of halogens is 5. The van der Waals surface area contributed by atoms with Crippen LogP contribution in [0.25, 0.3) is 66.1 Å². The molecular formula is C53H53F5N2. The zero-order valence-electron chi connectivity index (χ0n) is 37.7. The van der Waals surface area contributed by atoms with E-state index in [1.807, 2.05) is 4.57 Å². The first-order chi connectivity index (χ1) is 28.0. The summed E-state index contributed by atoms with van der Waals surface area (Å²) >= 11 is 0. The molecule has 6 aromatic carbocycles. The van der Waals surface area contributed by atoms with Crippen molar-refractivity contribution in [3.05, 3.63) is 137 Å². The van der Waals surface area contributed by atoms with Crippen molar-refractivity contribution in [2.75, 3.05) is 0 Å². The summed E-state index contributed by atoms with van der Waals surface area (Å²) in [6.07, 6.45) is -4.98. The van der Waals surface area contributed by atoms with Gasteiger partial charge in [-0.25, -0.2) is 8.78 Å². The van der Waals surface area contributed by atoms with E-state index in [0.29, 0.717) is 5.69 Å². The fourth-order valence-electron chi connectivity index (χ4n) is 10.3. The lowest BCUT2D eigenvalue weighted by atomic mass is 9.90. The van der Waals surface area contributed by atoms with Crippen molar-refractivity contribution in [3.8, 4) is 22.5 Å². The zero-order valence-corrected chi connectivity index (χ0v) is 37.7. The van der Waals surface area contributed by atoms with Gasteiger partial charge in [-0.3, -0.25) is 0 Å². The maximum atomic E-state index is 16.0. The molecule has 2 nitrogen and oxygen atoms in total. The largest absolute Gasteiger partial charge is 0.417 e. The summed E-state index contributed by atoms with van der Waals surface area (Å²) in [6.45, 7) is 33.5. The van der Waals surface area contributed by atoms with E-state index < -0.39 is 34.5 Å². The molecule has 310 valence electrons. The normalized spacial score (nSPS) is 12.4. The Bertz CT molecular complexity index is 3080.